The predicted molar refractivity (Wildman–Crippen MR) is 111 cm³/mol. The molecule has 0 saturated carbocycles. The first-order chi connectivity index (χ1) is 14.2. The van der Waals surface area contributed by atoms with Crippen LogP contribution in [0.25, 0.3) is 0 Å². The number of nitrogens with two attached hydrogens (primary N) is 1. The third-order valence-corrected chi connectivity index (χ3v) is 6.31. The van der Waals surface area contributed by atoms with E-state index in [-0.39, 0.29) is 21.2 Å². The summed E-state index contributed by atoms with van der Waals surface area (Å²) < 4.78 is 27.3. The number of hydrogen-bond acceptors (Lipinski definition) is 7. The van der Waals surface area contributed by atoms with E-state index in [0.717, 1.165) is 17.4 Å². The monoisotopic (exact) mass is 444 g/mol. The highest BCUT2D eigenvalue weighted by molar-refractivity contribution is 7.91. The summed E-state index contributed by atoms with van der Waals surface area (Å²) in [5, 5.41) is 9.00. The van der Waals surface area contributed by atoms with Gasteiger partial charge in [-0.3, -0.25) is 9.59 Å². The number of sulfonamides is 1. The molecule has 0 aliphatic heterocycles. The number of ketones is 1. The molecule has 0 aliphatic carbocycles. The summed E-state index contributed by atoms with van der Waals surface area (Å²) in [4.78, 5) is 36.3. The van der Waals surface area contributed by atoms with Crippen molar-refractivity contribution in [3.05, 3.63) is 82.7 Å². The summed E-state index contributed by atoms with van der Waals surface area (Å²) >= 11 is 0.787. The van der Waals surface area contributed by atoms with Gasteiger partial charge in [0.2, 0.25) is 10.0 Å². The average molecular weight is 444 g/mol. The van der Waals surface area contributed by atoms with E-state index >= 15 is 0 Å². The van der Waals surface area contributed by atoms with E-state index in [9.17, 15) is 22.8 Å². The molecule has 8 nitrogen and oxygen atoms in total. The number of primary sulfonamides is 1. The quantitative estimate of drug-likeness (QED) is 0.425. The predicted octanol–water partition coefficient (Wildman–Crippen LogP) is 2.69. The number of hydrogen-bond donors (Lipinski definition) is 2. The Morgan fingerprint density at radius 1 is 0.933 bits per heavy atom. The Kier molecular flexibility index (Phi) is 6.40. The van der Waals surface area contributed by atoms with Gasteiger partial charge in [-0.25, -0.2) is 18.4 Å². The van der Waals surface area contributed by atoms with Crippen LogP contribution in [0.1, 0.15) is 31.1 Å². The average Bonchev–Trinajstić information content (AvgIpc) is 3.24. The number of Topliss-reactive ketones (excluding diaryl/α,β-unsaturated/α-hetero) is 1. The molecule has 0 unspecified atom stereocenters. The van der Waals surface area contributed by atoms with Gasteiger partial charge in [0.15, 0.2) is 12.4 Å². The van der Waals surface area contributed by atoms with E-state index < -0.39 is 28.4 Å². The zero-order valence-corrected chi connectivity index (χ0v) is 17.0. The van der Waals surface area contributed by atoms with Gasteiger partial charge in [0.1, 0.15) is 4.21 Å². The third kappa shape index (κ3) is 5.38. The van der Waals surface area contributed by atoms with E-state index in [1.54, 1.807) is 42.5 Å². The van der Waals surface area contributed by atoms with E-state index in [0.29, 0.717) is 11.3 Å². The number of benzene rings is 2. The maximum Gasteiger partial charge on any atom is 0.339 e. The van der Waals surface area contributed by atoms with Gasteiger partial charge < -0.3 is 10.1 Å². The first-order valence-electron chi connectivity index (χ1n) is 8.52. The van der Waals surface area contributed by atoms with Gasteiger partial charge in [0, 0.05) is 22.2 Å². The summed E-state index contributed by atoms with van der Waals surface area (Å²) in [7, 11) is -3.91. The Balaban J connectivity index is 1.56. The van der Waals surface area contributed by atoms with Crippen molar-refractivity contribution in [1.82, 2.24) is 0 Å². The molecule has 3 N–H and O–H groups in total. The molecule has 30 heavy (non-hydrogen) atoms. The fourth-order valence-corrected chi connectivity index (χ4v) is 3.98. The number of esters is 1. The highest BCUT2D eigenvalue weighted by Gasteiger charge is 2.17. The van der Waals surface area contributed by atoms with Crippen LogP contribution >= 0.6 is 11.3 Å². The molecule has 0 spiro atoms. The van der Waals surface area contributed by atoms with Crippen LogP contribution in [0.5, 0.6) is 0 Å². The van der Waals surface area contributed by atoms with Crippen molar-refractivity contribution in [2.45, 2.75) is 4.21 Å². The maximum atomic E-state index is 12.2. The Hall–Kier alpha value is -3.34. The number of carbonyl (C=O) groups excluding carboxylic acids is 3. The lowest BCUT2D eigenvalue weighted by Gasteiger charge is -2.07. The van der Waals surface area contributed by atoms with Crippen molar-refractivity contribution >= 4 is 44.7 Å². The molecule has 10 heteroatoms. The normalized spacial score (nSPS) is 11.0. The van der Waals surface area contributed by atoms with Gasteiger partial charge in [-0.05, 0) is 42.5 Å². The number of anilines is 1. The zero-order valence-electron chi connectivity index (χ0n) is 15.4. The molecular weight excluding hydrogens is 428 g/mol. The molecular formula is C20H16N2O6S2. The second-order valence-electron chi connectivity index (χ2n) is 6.10. The second kappa shape index (κ2) is 8.99. The van der Waals surface area contributed by atoms with Gasteiger partial charge in [0.05, 0.1) is 5.56 Å². The van der Waals surface area contributed by atoms with E-state index in [4.69, 9.17) is 9.88 Å². The highest BCUT2D eigenvalue weighted by atomic mass is 32.2. The number of carbonyl (C=O) groups is 3. The molecule has 2 aromatic carbocycles. The van der Waals surface area contributed by atoms with Crippen LogP contribution in [0.15, 0.2) is 70.3 Å². The fourth-order valence-electron chi connectivity index (χ4n) is 2.40. The maximum absolute atomic E-state index is 12.2. The van der Waals surface area contributed by atoms with E-state index in [1.165, 1.54) is 17.5 Å². The van der Waals surface area contributed by atoms with E-state index in [1.807, 2.05) is 0 Å². The van der Waals surface area contributed by atoms with Crippen molar-refractivity contribution in [3.8, 4) is 0 Å². The summed E-state index contributed by atoms with van der Waals surface area (Å²) in [6, 6.07) is 15.9. The molecule has 3 rings (SSSR count). The molecule has 0 atom stereocenters. The van der Waals surface area contributed by atoms with Gasteiger partial charge in [-0.1, -0.05) is 18.2 Å². The summed E-state index contributed by atoms with van der Waals surface area (Å²) in [5.41, 5.74) is 1.29. The Morgan fingerprint density at radius 2 is 1.60 bits per heavy atom. The minimum absolute atomic E-state index is 0.00389. The lowest BCUT2D eigenvalue weighted by Crippen LogP contribution is -2.15. The molecule has 1 heterocycles. The highest BCUT2D eigenvalue weighted by Crippen LogP contribution is 2.19. The minimum Gasteiger partial charge on any atom is -0.454 e. The van der Waals surface area contributed by atoms with Gasteiger partial charge in [0.25, 0.3) is 5.91 Å². The van der Waals surface area contributed by atoms with Crippen molar-refractivity contribution < 1.29 is 27.5 Å². The minimum atomic E-state index is -3.91. The molecule has 154 valence electrons. The van der Waals surface area contributed by atoms with Crippen LogP contribution in [0.3, 0.4) is 0 Å². The SMILES string of the molecule is NS(=O)(=O)c1cc(C(=O)OCC(=O)c2ccc(NC(=O)c3ccccc3)cc2)cs1. The lowest BCUT2D eigenvalue weighted by molar-refractivity contribution is 0.0475. The summed E-state index contributed by atoms with van der Waals surface area (Å²) in [6.07, 6.45) is 0. The molecule has 0 saturated heterocycles. The molecule has 0 aliphatic rings. The van der Waals surface area contributed by atoms with Crippen LogP contribution in [-0.4, -0.2) is 32.7 Å². The van der Waals surface area contributed by atoms with Crippen molar-refractivity contribution in [2.24, 2.45) is 5.14 Å². The van der Waals surface area contributed by atoms with E-state index in [2.05, 4.69) is 5.32 Å². The summed E-state index contributed by atoms with van der Waals surface area (Å²) in [6.45, 7) is -0.519. The Morgan fingerprint density at radius 3 is 2.20 bits per heavy atom. The van der Waals surface area contributed by atoms with Gasteiger partial charge in [-0.2, -0.15) is 0 Å². The lowest BCUT2D eigenvalue weighted by atomic mass is 10.1. The Bertz CT molecular complexity index is 1190. The van der Waals surface area contributed by atoms with Crippen LogP contribution in [0.2, 0.25) is 0 Å². The number of rotatable bonds is 7. The smallest absolute Gasteiger partial charge is 0.339 e. The van der Waals surface area contributed by atoms with Crippen molar-refractivity contribution in [1.29, 1.82) is 0 Å². The standard InChI is InChI=1S/C20H16N2O6S2/c21-30(26,27)18-10-15(12-29-18)20(25)28-11-17(23)13-6-8-16(9-7-13)22-19(24)14-4-2-1-3-5-14/h1-10,12H,11H2,(H,22,24)(H2,21,26,27). The fraction of sp³-hybridized carbons (Fsp3) is 0.0500. The van der Waals surface area contributed by atoms with Crippen molar-refractivity contribution in [2.75, 3.05) is 11.9 Å². The van der Waals surface area contributed by atoms with Crippen LogP contribution in [0, 0.1) is 0 Å². The molecule has 0 bridgehead atoms. The van der Waals surface area contributed by atoms with Gasteiger partial charge in [-0.15, -0.1) is 11.3 Å². The van der Waals surface area contributed by atoms with Gasteiger partial charge >= 0.3 is 5.97 Å². The number of amides is 1. The molecule has 1 amide bonds. The van der Waals surface area contributed by atoms with Crippen LogP contribution in [0.4, 0.5) is 5.69 Å². The molecule has 0 radical (unpaired) electrons. The van der Waals surface area contributed by atoms with Crippen molar-refractivity contribution in [3.63, 3.8) is 0 Å². The van der Waals surface area contributed by atoms with Crippen LogP contribution in [-0.2, 0) is 14.8 Å². The largest absolute Gasteiger partial charge is 0.454 e. The molecule has 0 fully saturated rings. The number of nitrogens with one attached hydrogen (secondary N) is 1. The number of thiophene rings is 1. The number of ether oxygens (including phenoxy) is 1. The Labute approximate surface area is 176 Å². The molecule has 3 aromatic rings. The second-order valence-corrected chi connectivity index (χ2v) is 8.80. The third-order valence-electron chi connectivity index (χ3n) is 3.93. The first-order valence-corrected chi connectivity index (χ1v) is 10.9. The molecule has 1 aromatic heterocycles. The summed E-state index contributed by atoms with van der Waals surface area (Å²) in [5.74, 6) is -1.56. The van der Waals surface area contributed by atoms with Crippen LogP contribution < -0.4 is 10.5 Å². The topological polar surface area (TPSA) is 133 Å². The first kappa shape index (κ1) is 21.4. The zero-order chi connectivity index (χ0) is 21.7.